The number of rotatable bonds is 3. The zero-order chi connectivity index (χ0) is 17.6. The fourth-order valence-corrected chi connectivity index (χ4v) is 3.89. The maximum Gasteiger partial charge on any atom is 0.274 e. The monoisotopic (exact) mass is 342 g/mol. The zero-order valence-corrected chi connectivity index (χ0v) is 14.7. The Bertz CT molecular complexity index is 823. The minimum Gasteiger partial charge on any atom is -0.336 e. The van der Waals surface area contributed by atoms with E-state index in [9.17, 15) is 9.18 Å². The van der Waals surface area contributed by atoms with Gasteiger partial charge in [0.05, 0.1) is 0 Å². The number of carbonyl (C=O) groups excluding carboxylic acids is 1. The Kier molecular flexibility index (Phi) is 4.07. The first-order valence-electron chi connectivity index (χ1n) is 8.91. The normalized spacial score (nSPS) is 19.2. The first-order chi connectivity index (χ1) is 12.1. The number of halogens is 1. The van der Waals surface area contributed by atoms with E-state index in [0.29, 0.717) is 11.4 Å². The Labute approximate surface area is 146 Å². The molecule has 2 aromatic rings. The summed E-state index contributed by atoms with van der Waals surface area (Å²) in [5, 5.41) is 7.84. The van der Waals surface area contributed by atoms with E-state index in [1.54, 1.807) is 15.6 Å². The highest BCUT2D eigenvalue weighted by Gasteiger charge is 2.32. The van der Waals surface area contributed by atoms with Crippen LogP contribution in [0.4, 0.5) is 4.39 Å². The maximum absolute atomic E-state index is 14.5. The SMILES string of the molecule is Cc1ccc(-n2nc(C(=O)N(C)C3CCNC3)c3c2CCC3)c(F)c1. The van der Waals surface area contributed by atoms with Gasteiger partial charge in [0, 0.05) is 30.9 Å². The van der Waals surface area contributed by atoms with Gasteiger partial charge in [0.2, 0.25) is 0 Å². The Morgan fingerprint density at radius 1 is 1.40 bits per heavy atom. The predicted octanol–water partition coefficient (Wildman–Crippen LogP) is 2.24. The molecule has 6 heteroatoms. The van der Waals surface area contributed by atoms with E-state index in [0.717, 1.165) is 55.6 Å². The molecule has 1 saturated heterocycles. The number of amides is 1. The summed E-state index contributed by atoms with van der Waals surface area (Å²) in [4.78, 5) is 14.8. The molecule has 0 bridgehead atoms. The van der Waals surface area contributed by atoms with E-state index in [1.165, 1.54) is 6.07 Å². The summed E-state index contributed by atoms with van der Waals surface area (Å²) in [6, 6.07) is 5.33. The van der Waals surface area contributed by atoms with Crippen LogP contribution < -0.4 is 5.32 Å². The van der Waals surface area contributed by atoms with Gasteiger partial charge in [0.1, 0.15) is 11.5 Å². The van der Waals surface area contributed by atoms with E-state index in [2.05, 4.69) is 10.4 Å². The largest absolute Gasteiger partial charge is 0.336 e. The van der Waals surface area contributed by atoms with Crippen LogP contribution >= 0.6 is 0 Å². The standard InChI is InChI=1S/C19H23FN4O/c1-12-6-7-17(15(20)10-12)24-16-5-3-4-14(16)18(22-24)19(25)23(2)13-8-9-21-11-13/h6-7,10,13,21H,3-5,8-9,11H2,1-2H3. The number of nitrogens with one attached hydrogen (secondary N) is 1. The molecular weight excluding hydrogens is 319 g/mol. The van der Waals surface area contributed by atoms with Gasteiger partial charge in [0.25, 0.3) is 5.91 Å². The lowest BCUT2D eigenvalue weighted by Gasteiger charge is -2.23. The summed E-state index contributed by atoms with van der Waals surface area (Å²) in [5.41, 5.74) is 3.75. The molecule has 4 rings (SSSR count). The van der Waals surface area contributed by atoms with Crippen LogP contribution in [0.2, 0.25) is 0 Å². The third-order valence-electron chi connectivity index (χ3n) is 5.37. The molecule has 1 fully saturated rings. The van der Waals surface area contributed by atoms with Crippen LogP contribution in [0.15, 0.2) is 18.2 Å². The predicted molar refractivity (Wildman–Crippen MR) is 93.7 cm³/mol. The smallest absolute Gasteiger partial charge is 0.274 e. The van der Waals surface area contributed by atoms with E-state index in [4.69, 9.17) is 0 Å². The minimum absolute atomic E-state index is 0.0573. The summed E-state index contributed by atoms with van der Waals surface area (Å²) >= 11 is 0. The average molecular weight is 342 g/mol. The molecule has 2 aliphatic rings. The van der Waals surface area contributed by atoms with Gasteiger partial charge in [-0.05, 0) is 56.8 Å². The van der Waals surface area contributed by atoms with Gasteiger partial charge in [-0.2, -0.15) is 5.10 Å². The average Bonchev–Trinajstić information content (AvgIpc) is 3.31. The second-order valence-electron chi connectivity index (χ2n) is 7.06. The molecule has 1 N–H and O–H groups in total. The molecule has 132 valence electrons. The number of benzene rings is 1. The van der Waals surface area contributed by atoms with Gasteiger partial charge in [-0.1, -0.05) is 6.07 Å². The summed E-state index contributed by atoms with van der Waals surface area (Å²) in [6.07, 6.45) is 3.60. The second kappa shape index (κ2) is 6.26. The maximum atomic E-state index is 14.5. The van der Waals surface area contributed by atoms with Crippen molar-refractivity contribution in [1.82, 2.24) is 20.0 Å². The lowest BCUT2D eigenvalue weighted by atomic mass is 10.1. The first-order valence-corrected chi connectivity index (χ1v) is 8.91. The first kappa shape index (κ1) is 16.3. The molecule has 1 aromatic heterocycles. The summed E-state index contributed by atoms with van der Waals surface area (Å²) in [6.45, 7) is 3.61. The molecule has 0 spiro atoms. The summed E-state index contributed by atoms with van der Waals surface area (Å²) < 4.78 is 16.1. The van der Waals surface area contributed by atoms with Crippen LogP contribution in [-0.2, 0) is 12.8 Å². The number of nitrogens with zero attached hydrogens (tertiary/aromatic N) is 3. The Morgan fingerprint density at radius 3 is 2.96 bits per heavy atom. The van der Waals surface area contributed by atoms with Crippen LogP contribution in [0.1, 0.15) is 40.2 Å². The van der Waals surface area contributed by atoms with Crippen LogP contribution in [0.3, 0.4) is 0 Å². The van der Waals surface area contributed by atoms with Crippen molar-refractivity contribution in [2.45, 2.75) is 38.6 Å². The number of carbonyl (C=O) groups is 1. The highest BCUT2D eigenvalue weighted by molar-refractivity contribution is 5.94. The fourth-order valence-electron chi connectivity index (χ4n) is 3.89. The molecular formula is C19H23FN4O. The van der Waals surface area contributed by atoms with Crippen molar-refractivity contribution < 1.29 is 9.18 Å². The second-order valence-corrected chi connectivity index (χ2v) is 7.06. The number of hydrogen-bond donors (Lipinski definition) is 1. The molecule has 1 amide bonds. The number of aryl methyl sites for hydroxylation is 1. The van der Waals surface area contributed by atoms with Crippen molar-refractivity contribution in [3.05, 3.63) is 46.5 Å². The molecule has 0 saturated carbocycles. The quantitative estimate of drug-likeness (QED) is 0.931. The van der Waals surface area contributed by atoms with Gasteiger partial charge in [-0.15, -0.1) is 0 Å². The van der Waals surface area contributed by atoms with Gasteiger partial charge >= 0.3 is 0 Å². The van der Waals surface area contributed by atoms with E-state index in [-0.39, 0.29) is 17.8 Å². The lowest BCUT2D eigenvalue weighted by molar-refractivity contribution is 0.0736. The highest BCUT2D eigenvalue weighted by Crippen LogP contribution is 2.30. The molecule has 1 aliphatic heterocycles. The van der Waals surface area contributed by atoms with Crippen molar-refractivity contribution >= 4 is 5.91 Å². The summed E-state index contributed by atoms with van der Waals surface area (Å²) in [5.74, 6) is -0.359. The highest BCUT2D eigenvalue weighted by atomic mass is 19.1. The van der Waals surface area contributed by atoms with Crippen molar-refractivity contribution in [1.29, 1.82) is 0 Å². The van der Waals surface area contributed by atoms with Crippen LogP contribution in [-0.4, -0.2) is 46.8 Å². The Balaban J connectivity index is 1.74. The van der Waals surface area contributed by atoms with Gasteiger partial charge in [0.15, 0.2) is 5.69 Å². The summed E-state index contributed by atoms with van der Waals surface area (Å²) in [7, 11) is 1.84. The molecule has 1 aromatic carbocycles. The van der Waals surface area contributed by atoms with Crippen molar-refractivity contribution in [3.63, 3.8) is 0 Å². The molecule has 0 radical (unpaired) electrons. The van der Waals surface area contributed by atoms with Crippen LogP contribution in [0, 0.1) is 12.7 Å². The lowest BCUT2D eigenvalue weighted by Crippen LogP contribution is -2.39. The van der Waals surface area contributed by atoms with Crippen molar-refractivity contribution in [2.24, 2.45) is 0 Å². The molecule has 1 unspecified atom stereocenters. The molecule has 1 atom stereocenters. The van der Waals surface area contributed by atoms with Gasteiger partial charge < -0.3 is 10.2 Å². The van der Waals surface area contributed by atoms with E-state index < -0.39 is 0 Å². The van der Waals surface area contributed by atoms with Gasteiger partial charge in [-0.3, -0.25) is 4.79 Å². The minimum atomic E-state index is -0.301. The van der Waals surface area contributed by atoms with E-state index in [1.807, 2.05) is 20.0 Å². The number of likely N-dealkylation sites (N-methyl/N-ethyl adjacent to an activating group) is 1. The molecule has 1 aliphatic carbocycles. The topological polar surface area (TPSA) is 50.2 Å². The molecule has 25 heavy (non-hydrogen) atoms. The fraction of sp³-hybridized carbons (Fsp3) is 0.474. The van der Waals surface area contributed by atoms with E-state index >= 15 is 0 Å². The number of fused-ring (bicyclic) bond motifs is 1. The molecule has 2 heterocycles. The van der Waals surface area contributed by atoms with Crippen LogP contribution in [0.5, 0.6) is 0 Å². The van der Waals surface area contributed by atoms with Gasteiger partial charge in [-0.25, -0.2) is 9.07 Å². The zero-order valence-electron chi connectivity index (χ0n) is 14.7. The Hall–Kier alpha value is -2.21. The Morgan fingerprint density at radius 2 is 2.24 bits per heavy atom. The number of aromatic nitrogens is 2. The third kappa shape index (κ3) is 2.74. The third-order valence-corrected chi connectivity index (χ3v) is 5.37. The number of hydrogen-bond acceptors (Lipinski definition) is 3. The molecule has 5 nitrogen and oxygen atoms in total. The van der Waals surface area contributed by atoms with Crippen molar-refractivity contribution in [3.8, 4) is 5.69 Å². The van der Waals surface area contributed by atoms with Crippen molar-refractivity contribution in [2.75, 3.05) is 20.1 Å². The van der Waals surface area contributed by atoms with Crippen LogP contribution in [0.25, 0.3) is 5.69 Å².